The second kappa shape index (κ2) is 4.96. The number of benzene rings is 1. The number of aromatic amines is 1. The molecule has 1 aromatic carbocycles. The quantitative estimate of drug-likeness (QED) is 0.843. The van der Waals surface area contributed by atoms with Crippen LogP contribution in [-0.2, 0) is 4.74 Å². The molecular weight excluding hydrogens is 246 g/mol. The maximum Gasteiger partial charge on any atom is 0.181 e. The Labute approximate surface area is 111 Å². The van der Waals surface area contributed by atoms with E-state index in [4.69, 9.17) is 17.0 Å². The van der Waals surface area contributed by atoms with Gasteiger partial charge >= 0.3 is 0 Å². The average molecular weight is 261 g/mol. The first kappa shape index (κ1) is 11.5. The first-order chi connectivity index (χ1) is 8.84. The van der Waals surface area contributed by atoms with Crippen molar-refractivity contribution in [3.8, 4) is 5.69 Å². The molecule has 4 nitrogen and oxygen atoms in total. The van der Waals surface area contributed by atoms with Gasteiger partial charge in [-0.25, -0.2) is 0 Å². The smallest absolute Gasteiger partial charge is 0.181 e. The zero-order valence-corrected chi connectivity index (χ0v) is 10.8. The molecule has 5 heteroatoms. The maximum atomic E-state index is 5.36. The van der Waals surface area contributed by atoms with Gasteiger partial charge in [-0.1, -0.05) is 0 Å². The molecule has 0 saturated carbocycles. The molecule has 0 atom stereocenters. The highest BCUT2D eigenvalue weighted by Gasteiger charge is 2.10. The van der Waals surface area contributed by atoms with Gasteiger partial charge in [-0.05, 0) is 36.5 Å². The van der Waals surface area contributed by atoms with Crippen LogP contribution in [0, 0.1) is 4.77 Å². The second-order valence-electron chi connectivity index (χ2n) is 4.25. The van der Waals surface area contributed by atoms with Crippen LogP contribution in [0.25, 0.3) is 5.69 Å². The average Bonchev–Trinajstić information content (AvgIpc) is 2.86. The van der Waals surface area contributed by atoms with Crippen molar-refractivity contribution in [3.63, 3.8) is 0 Å². The topological polar surface area (TPSA) is 33.2 Å². The number of imidazole rings is 1. The van der Waals surface area contributed by atoms with Crippen LogP contribution in [0.5, 0.6) is 0 Å². The van der Waals surface area contributed by atoms with Gasteiger partial charge in [0.1, 0.15) is 0 Å². The molecule has 0 bridgehead atoms. The van der Waals surface area contributed by atoms with E-state index in [2.05, 4.69) is 34.1 Å². The van der Waals surface area contributed by atoms with E-state index in [1.807, 2.05) is 17.0 Å². The first-order valence-corrected chi connectivity index (χ1v) is 6.44. The minimum Gasteiger partial charge on any atom is -0.378 e. The lowest BCUT2D eigenvalue weighted by molar-refractivity contribution is 0.122. The van der Waals surface area contributed by atoms with E-state index >= 15 is 0 Å². The van der Waals surface area contributed by atoms with Gasteiger partial charge in [0.05, 0.1) is 13.2 Å². The summed E-state index contributed by atoms with van der Waals surface area (Å²) in [5.41, 5.74) is 2.32. The summed E-state index contributed by atoms with van der Waals surface area (Å²) in [6.45, 7) is 3.54. The summed E-state index contributed by atoms with van der Waals surface area (Å²) in [7, 11) is 0. The van der Waals surface area contributed by atoms with Crippen molar-refractivity contribution in [3.05, 3.63) is 41.4 Å². The standard InChI is InChI=1S/C13H15N3OS/c18-13-14-5-6-16(13)12-3-1-11(2-4-12)15-7-9-17-10-8-15/h1-6H,7-10H2,(H,14,18). The van der Waals surface area contributed by atoms with Crippen molar-refractivity contribution in [2.75, 3.05) is 31.2 Å². The Morgan fingerprint density at radius 1 is 1.06 bits per heavy atom. The van der Waals surface area contributed by atoms with E-state index in [1.165, 1.54) is 5.69 Å². The van der Waals surface area contributed by atoms with Gasteiger partial charge in [-0.3, -0.25) is 4.57 Å². The summed E-state index contributed by atoms with van der Waals surface area (Å²) >= 11 is 5.21. The number of ether oxygens (including phenoxy) is 1. The van der Waals surface area contributed by atoms with Gasteiger partial charge in [0.15, 0.2) is 4.77 Å². The molecule has 3 rings (SSSR count). The molecule has 2 heterocycles. The van der Waals surface area contributed by atoms with Crippen LogP contribution in [0.3, 0.4) is 0 Å². The number of hydrogen-bond acceptors (Lipinski definition) is 3. The Morgan fingerprint density at radius 3 is 2.33 bits per heavy atom. The Hall–Kier alpha value is -1.59. The molecular formula is C13H15N3OS. The van der Waals surface area contributed by atoms with Gasteiger partial charge in [-0.15, -0.1) is 0 Å². The SMILES string of the molecule is S=c1[nH]ccn1-c1ccc(N2CCOCC2)cc1. The zero-order chi connectivity index (χ0) is 12.4. The summed E-state index contributed by atoms with van der Waals surface area (Å²) in [6, 6.07) is 8.45. The van der Waals surface area contributed by atoms with Crippen LogP contribution in [0.1, 0.15) is 0 Å². The van der Waals surface area contributed by atoms with E-state index < -0.39 is 0 Å². The van der Waals surface area contributed by atoms with Crippen LogP contribution < -0.4 is 4.90 Å². The Bertz CT molecular complexity index is 566. The monoisotopic (exact) mass is 261 g/mol. The van der Waals surface area contributed by atoms with Gasteiger partial charge < -0.3 is 14.6 Å². The molecule has 0 radical (unpaired) electrons. The molecule has 94 valence electrons. The Balaban J connectivity index is 1.85. The van der Waals surface area contributed by atoms with Crippen molar-refractivity contribution in [1.82, 2.24) is 9.55 Å². The lowest BCUT2D eigenvalue weighted by Crippen LogP contribution is -2.36. The number of nitrogens with zero attached hydrogens (tertiary/aromatic N) is 2. The molecule has 0 unspecified atom stereocenters. The van der Waals surface area contributed by atoms with Crippen molar-refractivity contribution < 1.29 is 4.74 Å². The fraction of sp³-hybridized carbons (Fsp3) is 0.308. The molecule has 1 N–H and O–H groups in total. The highest BCUT2D eigenvalue weighted by atomic mass is 32.1. The highest BCUT2D eigenvalue weighted by Crippen LogP contribution is 2.18. The first-order valence-electron chi connectivity index (χ1n) is 6.04. The molecule has 0 spiro atoms. The number of hydrogen-bond donors (Lipinski definition) is 1. The zero-order valence-electron chi connectivity index (χ0n) is 10.0. The van der Waals surface area contributed by atoms with Crippen molar-refractivity contribution >= 4 is 17.9 Å². The van der Waals surface area contributed by atoms with Crippen LogP contribution in [0.4, 0.5) is 5.69 Å². The van der Waals surface area contributed by atoms with Crippen molar-refractivity contribution in [2.24, 2.45) is 0 Å². The maximum absolute atomic E-state index is 5.36. The van der Waals surface area contributed by atoms with Crippen molar-refractivity contribution in [2.45, 2.75) is 0 Å². The summed E-state index contributed by atoms with van der Waals surface area (Å²) in [4.78, 5) is 5.33. The van der Waals surface area contributed by atoms with E-state index in [0.29, 0.717) is 4.77 Å². The molecule has 0 aliphatic carbocycles. The largest absolute Gasteiger partial charge is 0.378 e. The van der Waals surface area contributed by atoms with Gasteiger partial charge in [-0.2, -0.15) is 0 Å². The second-order valence-corrected chi connectivity index (χ2v) is 4.64. The lowest BCUT2D eigenvalue weighted by atomic mass is 10.2. The van der Waals surface area contributed by atoms with Crippen molar-refractivity contribution in [1.29, 1.82) is 0 Å². The number of aromatic nitrogens is 2. The highest BCUT2D eigenvalue weighted by molar-refractivity contribution is 7.71. The summed E-state index contributed by atoms with van der Waals surface area (Å²) in [6.07, 6.45) is 3.78. The molecule has 1 fully saturated rings. The van der Waals surface area contributed by atoms with E-state index in [0.717, 1.165) is 32.0 Å². The minimum atomic E-state index is 0.717. The molecule has 18 heavy (non-hydrogen) atoms. The summed E-state index contributed by atoms with van der Waals surface area (Å²) < 4.78 is 8.03. The predicted molar refractivity (Wildman–Crippen MR) is 74.0 cm³/mol. The number of nitrogens with one attached hydrogen (secondary N) is 1. The van der Waals surface area contributed by atoms with Crippen LogP contribution in [0.2, 0.25) is 0 Å². The molecule has 0 amide bonds. The van der Waals surface area contributed by atoms with Gasteiger partial charge in [0.2, 0.25) is 0 Å². The third kappa shape index (κ3) is 2.19. The normalized spacial score (nSPS) is 15.9. The third-order valence-corrected chi connectivity index (χ3v) is 3.47. The molecule has 1 saturated heterocycles. The molecule has 1 aliphatic heterocycles. The number of H-pyrrole nitrogens is 1. The van der Waals surface area contributed by atoms with Crippen LogP contribution >= 0.6 is 12.2 Å². The van der Waals surface area contributed by atoms with E-state index in [1.54, 1.807) is 0 Å². The van der Waals surface area contributed by atoms with Gasteiger partial charge in [0.25, 0.3) is 0 Å². The number of rotatable bonds is 2. The summed E-state index contributed by atoms with van der Waals surface area (Å²) in [5.74, 6) is 0. The molecule has 1 aromatic heterocycles. The predicted octanol–water partition coefficient (Wildman–Crippen LogP) is 2.37. The number of anilines is 1. The summed E-state index contributed by atoms with van der Waals surface area (Å²) in [5, 5.41) is 0. The van der Waals surface area contributed by atoms with E-state index in [-0.39, 0.29) is 0 Å². The molecule has 1 aliphatic rings. The Kier molecular flexibility index (Phi) is 3.17. The molecule has 2 aromatic rings. The fourth-order valence-electron chi connectivity index (χ4n) is 2.17. The van der Waals surface area contributed by atoms with Crippen LogP contribution in [-0.4, -0.2) is 35.9 Å². The minimum absolute atomic E-state index is 0.717. The van der Waals surface area contributed by atoms with Crippen LogP contribution in [0.15, 0.2) is 36.7 Å². The number of morpholine rings is 1. The lowest BCUT2D eigenvalue weighted by Gasteiger charge is -2.28. The third-order valence-electron chi connectivity index (χ3n) is 3.15. The fourth-order valence-corrected chi connectivity index (χ4v) is 2.40. The van der Waals surface area contributed by atoms with E-state index in [9.17, 15) is 0 Å². The van der Waals surface area contributed by atoms with Gasteiger partial charge in [0, 0.05) is 36.9 Å². The Morgan fingerprint density at radius 2 is 1.72 bits per heavy atom.